The third-order valence-electron chi connectivity index (χ3n) is 4.62. The number of hydrogen-bond acceptors (Lipinski definition) is 5. The summed E-state index contributed by atoms with van der Waals surface area (Å²) in [5.74, 6) is 0. The van der Waals surface area contributed by atoms with Crippen molar-refractivity contribution in [2.45, 2.75) is 17.9 Å². The van der Waals surface area contributed by atoms with Crippen LogP contribution in [0, 0.1) is 0 Å². The Morgan fingerprint density at radius 3 is 2.47 bits per heavy atom. The van der Waals surface area contributed by atoms with Crippen molar-refractivity contribution in [2.75, 3.05) is 0 Å². The summed E-state index contributed by atoms with van der Waals surface area (Å²) in [5.41, 5.74) is 2.64. The van der Waals surface area contributed by atoms with E-state index < -0.39 is 10.0 Å². The molecule has 0 spiro atoms. The first kappa shape index (κ1) is 23.7. The van der Waals surface area contributed by atoms with E-state index in [1.807, 2.05) is 6.07 Å². The van der Waals surface area contributed by atoms with Gasteiger partial charge in [-0.15, -0.1) is 22.7 Å². The molecule has 0 aliphatic carbocycles. The highest BCUT2D eigenvalue weighted by Gasteiger charge is 2.12. The van der Waals surface area contributed by atoms with Gasteiger partial charge in [-0.05, 0) is 70.4 Å². The zero-order valence-corrected chi connectivity index (χ0v) is 21.9. The van der Waals surface area contributed by atoms with Gasteiger partial charge >= 0.3 is 0 Å². The maximum Gasteiger partial charge on any atom is 0.238 e. The molecule has 0 saturated heterocycles. The van der Waals surface area contributed by atoms with Crippen molar-refractivity contribution in [1.82, 2.24) is 4.57 Å². The van der Waals surface area contributed by atoms with Gasteiger partial charge in [0.25, 0.3) is 0 Å². The Morgan fingerprint density at radius 2 is 1.81 bits per heavy atom. The zero-order valence-electron chi connectivity index (χ0n) is 16.3. The number of sulfonamides is 1. The van der Waals surface area contributed by atoms with E-state index in [1.54, 1.807) is 41.7 Å². The number of thiazole rings is 1. The molecule has 4 rings (SSSR count). The monoisotopic (exact) mass is 587 g/mol. The van der Waals surface area contributed by atoms with Crippen LogP contribution < -0.4 is 9.94 Å². The molecule has 0 atom stereocenters. The van der Waals surface area contributed by atoms with Crippen molar-refractivity contribution in [2.24, 2.45) is 10.1 Å². The largest absolute Gasteiger partial charge is 0.315 e. The van der Waals surface area contributed by atoms with Crippen LogP contribution in [0.25, 0.3) is 10.6 Å². The fourth-order valence-electron chi connectivity index (χ4n) is 3.05. The van der Waals surface area contributed by atoms with E-state index in [1.165, 1.54) is 23.5 Å². The number of rotatable bonds is 6. The number of benzene rings is 2. The van der Waals surface area contributed by atoms with Gasteiger partial charge in [0.15, 0.2) is 4.80 Å². The SMILES string of the molecule is NS(=O)(=O)c1ccc(CCn2c(-c3ccc(Br)s3)csc2=Nc2cc(Cl)ccc2Cl)cc1. The Hall–Kier alpha value is -1.46. The van der Waals surface area contributed by atoms with E-state index in [-0.39, 0.29) is 4.90 Å². The molecule has 2 aromatic heterocycles. The second-order valence-corrected chi connectivity index (χ2v) is 12.5. The number of nitrogens with two attached hydrogens (primary N) is 1. The van der Waals surface area contributed by atoms with Crippen molar-refractivity contribution in [3.63, 3.8) is 0 Å². The van der Waals surface area contributed by atoms with Gasteiger partial charge in [0.1, 0.15) is 0 Å². The molecule has 32 heavy (non-hydrogen) atoms. The van der Waals surface area contributed by atoms with Crippen LogP contribution in [-0.2, 0) is 23.0 Å². The van der Waals surface area contributed by atoms with E-state index in [0.29, 0.717) is 28.7 Å². The molecule has 0 bridgehead atoms. The standard InChI is InChI=1S/C21H16BrCl2N3O2S3/c22-20-8-7-19(31-20)18-12-30-21(26-17-11-14(23)3-6-16(17)24)27(18)10-9-13-1-4-15(5-2-13)32(25,28)29/h1-8,11-12H,9-10H2,(H2,25,28,29). The smallest absolute Gasteiger partial charge is 0.238 e. The number of hydrogen-bond donors (Lipinski definition) is 1. The highest BCUT2D eigenvalue weighted by Crippen LogP contribution is 2.32. The van der Waals surface area contributed by atoms with Gasteiger partial charge in [-0.3, -0.25) is 0 Å². The van der Waals surface area contributed by atoms with Crippen LogP contribution in [0.3, 0.4) is 0 Å². The average Bonchev–Trinajstić information content (AvgIpc) is 3.34. The van der Waals surface area contributed by atoms with E-state index in [2.05, 4.69) is 31.9 Å². The van der Waals surface area contributed by atoms with Crippen LogP contribution >= 0.6 is 61.8 Å². The fraction of sp³-hybridized carbons (Fsp3) is 0.0952. The van der Waals surface area contributed by atoms with Crippen LogP contribution in [-0.4, -0.2) is 13.0 Å². The van der Waals surface area contributed by atoms with E-state index in [0.717, 1.165) is 24.7 Å². The summed E-state index contributed by atoms with van der Waals surface area (Å²) in [4.78, 5) is 6.77. The molecule has 0 fully saturated rings. The van der Waals surface area contributed by atoms with E-state index >= 15 is 0 Å². The number of primary sulfonamides is 1. The zero-order chi connectivity index (χ0) is 22.9. The first-order valence-electron chi connectivity index (χ1n) is 9.26. The van der Waals surface area contributed by atoms with Crippen molar-refractivity contribution >= 4 is 77.5 Å². The number of aryl methyl sites for hydroxylation is 1. The number of nitrogens with zero attached hydrogens (tertiary/aromatic N) is 2. The molecular formula is C21H16BrCl2N3O2S3. The molecule has 0 unspecified atom stereocenters. The molecule has 0 radical (unpaired) electrons. The van der Waals surface area contributed by atoms with Crippen molar-refractivity contribution in [3.05, 3.63) is 84.2 Å². The molecule has 0 amide bonds. The summed E-state index contributed by atoms with van der Waals surface area (Å²) in [6.07, 6.45) is 0.678. The van der Waals surface area contributed by atoms with Gasteiger partial charge < -0.3 is 4.57 Å². The minimum atomic E-state index is -3.71. The van der Waals surface area contributed by atoms with Crippen molar-refractivity contribution < 1.29 is 8.42 Å². The molecule has 0 aliphatic heterocycles. The lowest BCUT2D eigenvalue weighted by atomic mass is 10.1. The molecular weight excluding hydrogens is 573 g/mol. The van der Waals surface area contributed by atoms with Crippen molar-refractivity contribution in [1.29, 1.82) is 0 Å². The third kappa shape index (κ3) is 5.53. The van der Waals surface area contributed by atoms with Gasteiger partial charge in [-0.2, -0.15) is 0 Å². The summed E-state index contributed by atoms with van der Waals surface area (Å²) in [6.45, 7) is 0.639. The molecule has 0 aliphatic rings. The van der Waals surface area contributed by atoms with Gasteiger partial charge in [0.2, 0.25) is 10.0 Å². The normalized spacial score (nSPS) is 12.4. The lowest BCUT2D eigenvalue weighted by Crippen LogP contribution is -2.17. The van der Waals surface area contributed by atoms with Crippen LogP contribution in [0.15, 0.2) is 73.7 Å². The van der Waals surface area contributed by atoms with Gasteiger partial charge in [0.05, 0.1) is 30.0 Å². The quantitative estimate of drug-likeness (QED) is 0.280. The lowest BCUT2D eigenvalue weighted by molar-refractivity contribution is 0.597. The predicted octanol–water partition coefficient (Wildman–Crippen LogP) is 6.47. The second-order valence-electron chi connectivity index (χ2n) is 6.81. The Bertz CT molecular complexity index is 1440. The maximum absolute atomic E-state index is 11.5. The first-order chi connectivity index (χ1) is 15.2. The Balaban J connectivity index is 1.72. The predicted molar refractivity (Wildman–Crippen MR) is 137 cm³/mol. The Kier molecular flexibility index (Phi) is 7.26. The fourth-order valence-corrected chi connectivity index (χ4v) is 6.31. The third-order valence-corrected chi connectivity index (χ3v) is 8.62. The van der Waals surface area contributed by atoms with Gasteiger partial charge in [-0.25, -0.2) is 18.5 Å². The summed E-state index contributed by atoms with van der Waals surface area (Å²) >= 11 is 19.2. The molecule has 4 aromatic rings. The molecule has 2 N–H and O–H groups in total. The summed E-state index contributed by atoms with van der Waals surface area (Å²) in [5, 5.41) is 8.35. The van der Waals surface area contributed by atoms with E-state index in [4.69, 9.17) is 33.3 Å². The first-order valence-corrected chi connectivity index (χ1v) is 14.1. The minimum absolute atomic E-state index is 0.0971. The topological polar surface area (TPSA) is 77.5 Å². The van der Waals surface area contributed by atoms with E-state index in [9.17, 15) is 8.42 Å². The number of thiophene rings is 1. The highest BCUT2D eigenvalue weighted by molar-refractivity contribution is 9.11. The van der Waals surface area contributed by atoms with Crippen LogP contribution in [0.5, 0.6) is 0 Å². The number of halogens is 3. The molecule has 2 aromatic carbocycles. The molecule has 2 heterocycles. The molecule has 166 valence electrons. The summed E-state index contributed by atoms with van der Waals surface area (Å²) in [6, 6.07) is 15.9. The summed E-state index contributed by atoms with van der Waals surface area (Å²) < 4.78 is 26.2. The molecule has 11 heteroatoms. The van der Waals surface area contributed by atoms with Gasteiger partial charge in [-0.1, -0.05) is 35.3 Å². The number of aromatic nitrogens is 1. The Morgan fingerprint density at radius 1 is 1.06 bits per heavy atom. The average molecular weight is 589 g/mol. The molecule has 5 nitrogen and oxygen atoms in total. The maximum atomic E-state index is 11.5. The Labute approximate surface area is 212 Å². The lowest BCUT2D eigenvalue weighted by Gasteiger charge is -2.09. The van der Waals surface area contributed by atoms with Crippen molar-refractivity contribution in [3.8, 4) is 10.6 Å². The molecule has 0 saturated carbocycles. The second kappa shape index (κ2) is 9.80. The minimum Gasteiger partial charge on any atom is -0.315 e. The van der Waals surface area contributed by atoms with Gasteiger partial charge in [0, 0.05) is 16.9 Å². The summed E-state index contributed by atoms with van der Waals surface area (Å²) in [7, 11) is -3.71. The van der Waals surface area contributed by atoms with Crippen LogP contribution in [0.4, 0.5) is 5.69 Å². The van der Waals surface area contributed by atoms with Crippen LogP contribution in [0.2, 0.25) is 10.0 Å². The van der Waals surface area contributed by atoms with Crippen LogP contribution in [0.1, 0.15) is 5.56 Å². The highest BCUT2D eigenvalue weighted by atomic mass is 79.9.